The molecule has 1 aliphatic carbocycles. The zero-order valence-electron chi connectivity index (χ0n) is 24.6. The van der Waals surface area contributed by atoms with E-state index in [1.54, 1.807) is 37.5 Å². The summed E-state index contributed by atoms with van der Waals surface area (Å²) in [4.78, 5) is 34.7. The van der Waals surface area contributed by atoms with Crippen LogP contribution in [0.5, 0.6) is 0 Å². The second-order valence-corrected chi connectivity index (χ2v) is 11.2. The minimum absolute atomic E-state index is 0.0599. The average Bonchev–Trinajstić information content (AvgIpc) is 3.65. The summed E-state index contributed by atoms with van der Waals surface area (Å²) in [5.74, 6) is -2.30. The summed E-state index contributed by atoms with van der Waals surface area (Å²) in [6.45, 7) is 1.96. The van der Waals surface area contributed by atoms with Crippen LogP contribution in [0.2, 0.25) is 0 Å². The molecule has 234 valence electrons. The number of carbonyl (C=O) groups excluding carboxylic acids is 2. The van der Waals surface area contributed by atoms with E-state index in [0.717, 1.165) is 22.3 Å². The lowest BCUT2D eigenvalue weighted by Crippen LogP contribution is -2.45. The van der Waals surface area contributed by atoms with Crippen LogP contribution in [0, 0.1) is 5.92 Å². The minimum Gasteiger partial charge on any atom is -0.461 e. The third-order valence-electron chi connectivity index (χ3n) is 8.59. The van der Waals surface area contributed by atoms with Gasteiger partial charge >= 0.3 is 18.2 Å². The van der Waals surface area contributed by atoms with Gasteiger partial charge in [0, 0.05) is 24.9 Å². The zero-order chi connectivity index (χ0) is 31.6. The maximum absolute atomic E-state index is 14.0. The highest BCUT2D eigenvalue weighted by Crippen LogP contribution is 2.46. The fourth-order valence-electron chi connectivity index (χ4n) is 6.42. The highest BCUT2D eigenvalue weighted by Gasteiger charge is 2.46. The van der Waals surface area contributed by atoms with Crippen molar-refractivity contribution in [1.82, 2.24) is 14.9 Å². The predicted molar refractivity (Wildman–Crippen MR) is 162 cm³/mol. The predicted octanol–water partition coefficient (Wildman–Crippen LogP) is 7.46. The number of piperidine rings is 1. The molecule has 0 saturated carbocycles. The van der Waals surface area contributed by atoms with Crippen molar-refractivity contribution in [2.75, 3.05) is 25.1 Å². The molecule has 8 nitrogen and oxygen atoms in total. The number of pyridine rings is 1. The zero-order valence-corrected chi connectivity index (χ0v) is 24.6. The average molecular weight is 619 g/mol. The molecule has 1 saturated heterocycles. The van der Waals surface area contributed by atoms with Crippen molar-refractivity contribution in [3.8, 4) is 11.1 Å². The standard InChI is InChI=1S/C34H33F3N4O4/c1-2-44-32(42)31-28(13-16-39-31)40-19-29-26(12-7-15-38-29)30-18-21(34(35,36)37)14-17-41(30)33(43)45-20-27-24-10-5-3-8-22(24)23-9-4-6-11-25(23)27/h3-13,15-16,21,27,30,39-40H,2,14,17-20H2,1H3. The summed E-state index contributed by atoms with van der Waals surface area (Å²) < 4.78 is 53.0. The number of anilines is 1. The van der Waals surface area contributed by atoms with E-state index in [2.05, 4.69) is 15.3 Å². The SMILES string of the molecule is CCOC(=O)c1[nH]ccc1NCc1ncccc1C1CC(C(F)(F)F)CCN1C(=O)OCC1c2ccccc2-c2ccccc21. The number of fused-ring (bicyclic) bond motifs is 3. The number of hydrogen-bond donors (Lipinski definition) is 2. The van der Waals surface area contributed by atoms with E-state index in [1.165, 1.54) is 4.90 Å². The van der Waals surface area contributed by atoms with E-state index in [4.69, 9.17) is 9.47 Å². The van der Waals surface area contributed by atoms with E-state index in [9.17, 15) is 22.8 Å². The number of nitrogens with one attached hydrogen (secondary N) is 2. The molecule has 45 heavy (non-hydrogen) atoms. The maximum atomic E-state index is 14.0. The molecule has 2 aliphatic rings. The second-order valence-electron chi connectivity index (χ2n) is 11.2. The number of halogens is 3. The molecule has 0 bridgehead atoms. The maximum Gasteiger partial charge on any atom is 0.410 e. The van der Waals surface area contributed by atoms with E-state index >= 15 is 0 Å². The van der Waals surface area contributed by atoms with Crippen LogP contribution in [0.15, 0.2) is 79.1 Å². The quantitative estimate of drug-likeness (QED) is 0.199. The molecule has 2 aromatic heterocycles. The molecule has 1 fully saturated rings. The summed E-state index contributed by atoms with van der Waals surface area (Å²) in [5.41, 5.74) is 5.90. The first-order valence-electron chi connectivity index (χ1n) is 15.0. The monoisotopic (exact) mass is 618 g/mol. The van der Waals surface area contributed by atoms with Gasteiger partial charge in [-0.1, -0.05) is 54.6 Å². The third-order valence-corrected chi connectivity index (χ3v) is 8.59. The van der Waals surface area contributed by atoms with Gasteiger partial charge in [0.05, 0.1) is 36.5 Å². The van der Waals surface area contributed by atoms with Gasteiger partial charge in [0.1, 0.15) is 12.3 Å². The van der Waals surface area contributed by atoms with Gasteiger partial charge in [0.25, 0.3) is 0 Å². The van der Waals surface area contributed by atoms with Gasteiger partial charge in [-0.25, -0.2) is 9.59 Å². The van der Waals surface area contributed by atoms with Crippen molar-refractivity contribution in [3.05, 3.63) is 107 Å². The van der Waals surface area contributed by atoms with Crippen LogP contribution in [-0.2, 0) is 16.0 Å². The first-order valence-corrected chi connectivity index (χ1v) is 15.0. The third kappa shape index (κ3) is 6.11. The Morgan fingerprint density at radius 2 is 1.67 bits per heavy atom. The molecule has 1 amide bonds. The van der Waals surface area contributed by atoms with Crippen molar-refractivity contribution in [3.63, 3.8) is 0 Å². The lowest BCUT2D eigenvalue weighted by atomic mass is 9.86. The molecule has 1 aliphatic heterocycles. The van der Waals surface area contributed by atoms with E-state index < -0.39 is 30.2 Å². The molecular formula is C34H33F3N4O4. The van der Waals surface area contributed by atoms with Gasteiger partial charge in [-0.05, 0) is 59.7 Å². The molecule has 11 heteroatoms. The van der Waals surface area contributed by atoms with Crippen LogP contribution in [0.4, 0.5) is 23.7 Å². The minimum atomic E-state index is -4.41. The summed E-state index contributed by atoms with van der Waals surface area (Å²) >= 11 is 0. The Balaban J connectivity index is 1.24. The Morgan fingerprint density at radius 1 is 0.978 bits per heavy atom. The van der Waals surface area contributed by atoms with E-state index in [-0.39, 0.29) is 50.8 Å². The molecule has 2 atom stereocenters. The van der Waals surface area contributed by atoms with Crippen molar-refractivity contribution in [1.29, 1.82) is 0 Å². The van der Waals surface area contributed by atoms with Crippen LogP contribution in [0.1, 0.15) is 64.6 Å². The van der Waals surface area contributed by atoms with Gasteiger partial charge in [-0.2, -0.15) is 13.2 Å². The molecule has 2 aromatic carbocycles. The normalized spacial score (nSPS) is 17.8. The number of carbonyl (C=O) groups is 2. The van der Waals surface area contributed by atoms with Gasteiger partial charge in [-0.15, -0.1) is 0 Å². The number of amides is 1. The number of esters is 1. The highest BCUT2D eigenvalue weighted by molar-refractivity contribution is 5.93. The summed E-state index contributed by atoms with van der Waals surface area (Å²) in [7, 11) is 0. The Kier molecular flexibility index (Phi) is 8.51. The van der Waals surface area contributed by atoms with Gasteiger partial charge < -0.3 is 24.7 Å². The van der Waals surface area contributed by atoms with E-state index in [1.807, 2.05) is 48.5 Å². The topological polar surface area (TPSA) is 96.5 Å². The number of ether oxygens (including phenoxy) is 2. The smallest absolute Gasteiger partial charge is 0.410 e. The molecule has 0 radical (unpaired) electrons. The van der Waals surface area contributed by atoms with Crippen molar-refractivity contribution < 1.29 is 32.2 Å². The largest absolute Gasteiger partial charge is 0.461 e. The number of benzene rings is 2. The van der Waals surface area contributed by atoms with Crippen LogP contribution in [0.25, 0.3) is 11.1 Å². The number of likely N-dealkylation sites (tertiary alicyclic amines) is 1. The molecule has 2 N–H and O–H groups in total. The van der Waals surface area contributed by atoms with Crippen molar-refractivity contribution >= 4 is 17.7 Å². The molecular weight excluding hydrogens is 585 g/mol. The molecule has 4 aromatic rings. The van der Waals surface area contributed by atoms with Crippen molar-refractivity contribution in [2.24, 2.45) is 5.92 Å². The van der Waals surface area contributed by atoms with Crippen LogP contribution in [-0.4, -0.2) is 52.9 Å². The molecule has 3 heterocycles. The van der Waals surface area contributed by atoms with Gasteiger partial charge in [0.2, 0.25) is 0 Å². The van der Waals surface area contributed by atoms with Gasteiger partial charge in [-0.3, -0.25) is 4.98 Å². The number of rotatable bonds is 8. The fraction of sp³-hybridized carbons (Fsp3) is 0.324. The van der Waals surface area contributed by atoms with Crippen molar-refractivity contribution in [2.45, 2.75) is 44.4 Å². The second kappa shape index (κ2) is 12.7. The summed E-state index contributed by atoms with van der Waals surface area (Å²) in [6.07, 6.45) is -2.48. The number of H-pyrrole nitrogens is 1. The lowest BCUT2D eigenvalue weighted by Gasteiger charge is -2.40. The Morgan fingerprint density at radius 3 is 2.36 bits per heavy atom. The summed E-state index contributed by atoms with van der Waals surface area (Å²) in [6, 6.07) is 20.0. The Hall–Kier alpha value is -4.80. The molecule has 2 unspecified atom stereocenters. The van der Waals surface area contributed by atoms with Crippen LogP contribution < -0.4 is 5.32 Å². The van der Waals surface area contributed by atoms with E-state index in [0.29, 0.717) is 16.9 Å². The Labute approximate surface area is 258 Å². The van der Waals surface area contributed by atoms with Gasteiger partial charge in [0.15, 0.2) is 0 Å². The highest BCUT2D eigenvalue weighted by atomic mass is 19.4. The number of nitrogens with zero attached hydrogens (tertiary/aromatic N) is 2. The number of aromatic amines is 1. The summed E-state index contributed by atoms with van der Waals surface area (Å²) in [5, 5.41) is 3.14. The number of alkyl halides is 3. The first kappa shape index (κ1) is 30.2. The molecule has 0 spiro atoms. The first-order chi connectivity index (χ1) is 21.8. The number of aromatic nitrogens is 2. The fourth-order valence-corrected chi connectivity index (χ4v) is 6.42. The Bertz CT molecular complexity index is 1640. The van der Waals surface area contributed by atoms with Crippen LogP contribution in [0.3, 0.4) is 0 Å². The van der Waals surface area contributed by atoms with Crippen LogP contribution >= 0.6 is 0 Å². The lowest BCUT2D eigenvalue weighted by molar-refractivity contribution is -0.189. The molecule has 6 rings (SSSR count). The number of hydrogen-bond acceptors (Lipinski definition) is 6.